The lowest BCUT2D eigenvalue weighted by Crippen LogP contribution is -1.99. The lowest BCUT2D eigenvalue weighted by Gasteiger charge is -2.27. The Kier molecular flexibility index (Phi) is 5.98. The zero-order chi connectivity index (χ0) is 31.6. The summed E-state index contributed by atoms with van der Waals surface area (Å²) in [6.45, 7) is 0. The SMILES string of the molecule is c1ccc(-c2c(-c3ccccc3)c(-c3ccccc3)c3c4cccc5c6ccccc6c6cccc(c3c2-c2ccccc2)c6c54)cc1. The van der Waals surface area contributed by atoms with Gasteiger partial charge >= 0.3 is 0 Å². The maximum absolute atomic E-state index is 2.36. The van der Waals surface area contributed by atoms with E-state index < -0.39 is 0 Å². The summed E-state index contributed by atoms with van der Waals surface area (Å²) in [6.07, 6.45) is 0. The van der Waals surface area contributed by atoms with Crippen LogP contribution in [-0.2, 0) is 0 Å². The van der Waals surface area contributed by atoms with Crippen LogP contribution in [0.25, 0.3) is 98.4 Å². The number of fused-ring (bicyclic) bond motifs is 6. The third kappa shape index (κ3) is 3.84. The molecular weight excluding hydrogens is 577 g/mol. The Hall–Kier alpha value is -6.24. The van der Waals surface area contributed by atoms with Gasteiger partial charge in [-0.1, -0.05) is 182 Å². The summed E-state index contributed by atoms with van der Waals surface area (Å²) in [6, 6.07) is 66.9. The molecule has 0 aliphatic heterocycles. The first-order valence-corrected chi connectivity index (χ1v) is 16.7. The summed E-state index contributed by atoms with van der Waals surface area (Å²) >= 11 is 0. The molecule has 0 aromatic heterocycles. The average molecular weight is 607 g/mol. The first-order chi connectivity index (χ1) is 23.9. The van der Waals surface area contributed by atoms with Crippen LogP contribution >= 0.6 is 0 Å². The molecule has 0 saturated carbocycles. The molecule has 222 valence electrons. The maximum atomic E-state index is 2.36. The Morgan fingerprint density at radius 1 is 0.167 bits per heavy atom. The highest BCUT2D eigenvalue weighted by Crippen LogP contribution is 2.56. The topological polar surface area (TPSA) is 0 Å². The lowest BCUT2D eigenvalue weighted by molar-refractivity contribution is 1.57. The van der Waals surface area contributed by atoms with Crippen LogP contribution in [0.2, 0.25) is 0 Å². The molecule has 0 heterocycles. The molecule has 0 unspecified atom stereocenters. The Bertz CT molecular complexity index is 2580. The maximum Gasteiger partial charge on any atom is -0.000718 e. The molecule has 0 aliphatic rings. The van der Waals surface area contributed by atoms with Gasteiger partial charge in [0.05, 0.1) is 0 Å². The fourth-order valence-electron chi connectivity index (χ4n) is 8.32. The van der Waals surface area contributed by atoms with Gasteiger partial charge in [0.1, 0.15) is 0 Å². The second kappa shape index (κ2) is 10.7. The quantitative estimate of drug-likeness (QED) is 0.138. The summed E-state index contributed by atoms with van der Waals surface area (Å²) in [4.78, 5) is 0. The molecule has 0 aliphatic carbocycles. The molecule has 0 nitrogen and oxygen atoms in total. The standard InChI is InChI=1S/C48H30/c1-5-17-31(18-6-1)41-42(32-19-7-2-8-20-32)44(34-23-11-4-12-24-34)48-40-30-16-28-38-36-26-14-13-25-35(36)37-27-15-29-39(45(37)46(38)40)47(48)43(41)33-21-9-3-10-22-33/h1-30H. The molecular formula is C48H30. The Morgan fingerprint density at radius 3 is 0.792 bits per heavy atom. The van der Waals surface area contributed by atoms with Crippen LogP contribution in [0.3, 0.4) is 0 Å². The highest BCUT2D eigenvalue weighted by Gasteiger charge is 2.28. The summed E-state index contributed by atoms with van der Waals surface area (Å²) in [5, 5.41) is 13.1. The number of hydrogen-bond donors (Lipinski definition) is 0. The average Bonchev–Trinajstić information content (AvgIpc) is 3.18. The van der Waals surface area contributed by atoms with Crippen molar-refractivity contribution in [1.82, 2.24) is 0 Å². The summed E-state index contributed by atoms with van der Waals surface area (Å²) in [5.41, 5.74) is 9.95. The molecule has 10 aromatic carbocycles. The molecule has 0 radical (unpaired) electrons. The van der Waals surface area contributed by atoms with Crippen LogP contribution in [0.4, 0.5) is 0 Å². The van der Waals surface area contributed by atoms with Gasteiger partial charge in [0.25, 0.3) is 0 Å². The van der Waals surface area contributed by atoms with Crippen molar-refractivity contribution < 1.29 is 0 Å². The normalized spacial score (nSPS) is 11.8. The number of rotatable bonds is 4. The second-order valence-electron chi connectivity index (χ2n) is 12.7. The van der Waals surface area contributed by atoms with Crippen molar-refractivity contribution in [2.45, 2.75) is 0 Å². The van der Waals surface area contributed by atoms with Crippen LogP contribution in [0, 0.1) is 0 Å². The monoisotopic (exact) mass is 606 g/mol. The van der Waals surface area contributed by atoms with Gasteiger partial charge in [0.15, 0.2) is 0 Å². The van der Waals surface area contributed by atoms with E-state index in [2.05, 4.69) is 182 Å². The van der Waals surface area contributed by atoms with Gasteiger partial charge in [0.2, 0.25) is 0 Å². The highest BCUT2D eigenvalue weighted by molar-refractivity contribution is 6.43. The fourth-order valence-corrected chi connectivity index (χ4v) is 8.32. The first-order valence-electron chi connectivity index (χ1n) is 16.7. The van der Waals surface area contributed by atoms with Crippen molar-refractivity contribution in [3.63, 3.8) is 0 Å². The predicted octanol–water partition coefficient (Wildman–Crippen LogP) is 13.6. The van der Waals surface area contributed by atoms with Crippen molar-refractivity contribution in [3.8, 4) is 44.5 Å². The summed E-state index contributed by atoms with van der Waals surface area (Å²) in [7, 11) is 0. The van der Waals surface area contributed by atoms with E-state index in [9.17, 15) is 0 Å². The minimum atomic E-state index is 1.21. The van der Waals surface area contributed by atoms with E-state index in [0.717, 1.165) is 0 Å². The number of benzene rings is 10. The summed E-state index contributed by atoms with van der Waals surface area (Å²) in [5.74, 6) is 0. The first kappa shape index (κ1) is 26.9. The van der Waals surface area contributed by atoms with Gasteiger partial charge in [-0.05, 0) is 98.4 Å². The highest BCUT2D eigenvalue weighted by atomic mass is 14.3. The van der Waals surface area contributed by atoms with E-state index >= 15 is 0 Å². The minimum absolute atomic E-state index is 1.21. The number of hydrogen-bond acceptors (Lipinski definition) is 0. The lowest BCUT2D eigenvalue weighted by atomic mass is 9.75. The zero-order valence-corrected chi connectivity index (χ0v) is 26.3. The van der Waals surface area contributed by atoms with Crippen molar-refractivity contribution in [1.29, 1.82) is 0 Å². The molecule has 0 N–H and O–H groups in total. The van der Waals surface area contributed by atoms with E-state index in [1.165, 1.54) is 98.4 Å². The molecule has 0 saturated heterocycles. The van der Waals surface area contributed by atoms with Crippen LogP contribution in [0.15, 0.2) is 182 Å². The molecule has 10 aromatic rings. The van der Waals surface area contributed by atoms with Crippen LogP contribution in [-0.4, -0.2) is 0 Å². The van der Waals surface area contributed by atoms with Crippen molar-refractivity contribution in [3.05, 3.63) is 182 Å². The molecule has 10 rings (SSSR count). The molecule has 0 fully saturated rings. The molecule has 0 spiro atoms. The van der Waals surface area contributed by atoms with E-state index in [1.54, 1.807) is 0 Å². The minimum Gasteiger partial charge on any atom is -0.0622 e. The van der Waals surface area contributed by atoms with Crippen molar-refractivity contribution in [2.24, 2.45) is 0 Å². The predicted molar refractivity (Wildman–Crippen MR) is 207 cm³/mol. The van der Waals surface area contributed by atoms with Crippen LogP contribution in [0.1, 0.15) is 0 Å². The van der Waals surface area contributed by atoms with Gasteiger partial charge in [-0.15, -0.1) is 0 Å². The van der Waals surface area contributed by atoms with Crippen molar-refractivity contribution in [2.75, 3.05) is 0 Å². The van der Waals surface area contributed by atoms with Crippen molar-refractivity contribution >= 4 is 53.9 Å². The molecule has 0 bridgehead atoms. The van der Waals surface area contributed by atoms with E-state index in [1.807, 2.05) is 0 Å². The zero-order valence-electron chi connectivity index (χ0n) is 26.3. The fraction of sp³-hybridized carbons (Fsp3) is 0. The Labute approximate surface area is 279 Å². The second-order valence-corrected chi connectivity index (χ2v) is 12.7. The molecule has 0 amide bonds. The van der Waals surface area contributed by atoms with Gasteiger partial charge in [-0.25, -0.2) is 0 Å². The third-order valence-electron chi connectivity index (χ3n) is 10.2. The van der Waals surface area contributed by atoms with Crippen LogP contribution in [0.5, 0.6) is 0 Å². The smallest absolute Gasteiger partial charge is 0.000718 e. The largest absolute Gasteiger partial charge is 0.0622 e. The molecule has 0 atom stereocenters. The van der Waals surface area contributed by atoms with E-state index in [4.69, 9.17) is 0 Å². The van der Waals surface area contributed by atoms with Gasteiger partial charge in [0, 0.05) is 0 Å². The molecule has 48 heavy (non-hydrogen) atoms. The van der Waals surface area contributed by atoms with Gasteiger partial charge in [-0.3, -0.25) is 0 Å². The van der Waals surface area contributed by atoms with Crippen LogP contribution < -0.4 is 0 Å². The van der Waals surface area contributed by atoms with E-state index in [-0.39, 0.29) is 0 Å². The Morgan fingerprint density at radius 2 is 0.438 bits per heavy atom. The van der Waals surface area contributed by atoms with Gasteiger partial charge in [-0.2, -0.15) is 0 Å². The third-order valence-corrected chi connectivity index (χ3v) is 10.2. The molecule has 0 heteroatoms. The summed E-state index contributed by atoms with van der Waals surface area (Å²) < 4.78 is 0. The van der Waals surface area contributed by atoms with Gasteiger partial charge < -0.3 is 0 Å². The van der Waals surface area contributed by atoms with E-state index in [0.29, 0.717) is 0 Å². The Balaban J connectivity index is 1.61.